The largest absolute Gasteiger partial charge is 0.378 e. The predicted molar refractivity (Wildman–Crippen MR) is 91.8 cm³/mol. The van der Waals surface area contributed by atoms with Gasteiger partial charge in [0.2, 0.25) is 0 Å². The first-order valence-corrected chi connectivity index (χ1v) is 8.32. The standard InChI is InChI=1S/C18H28N2O4/c1-13-7-6-8-15(21)20(13)12-18(5,23)16(22)19-9-10-24-14(11-19)17(2,3)4/h6-8,14,23H,9-12H2,1-5H3/t14-,18+/m0/s1. The fraction of sp³-hybridized carbons (Fsp3) is 0.667. The number of hydrogen-bond acceptors (Lipinski definition) is 4. The molecule has 1 aliphatic heterocycles. The molecule has 2 rings (SSSR count). The quantitative estimate of drug-likeness (QED) is 0.900. The van der Waals surface area contributed by atoms with Crippen molar-refractivity contribution in [2.45, 2.75) is 52.9 Å². The summed E-state index contributed by atoms with van der Waals surface area (Å²) in [6, 6.07) is 4.88. The molecule has 2 heterocycles. The number of hydrogen-bond donors (Lipinski definition) is 1. The fourth-order valence-electron chi connectivity index (χ4n) is 2.90. The van der Waals surface area contributed by atoms with E-state index in [1.165, 1.54) is 17.6 Å². The van der Waals surface area contributed by atoms with Crippen LogP contribution in [0.1, 0.15) is 33.4 Å². The van der Waals surface area contributed by atoms with Crippen LogP contribution in [0.5, 0.6) is 0 Å². The molecule has 24 heavy (non-hydrogen) atoms. The van der Waals surface area contributed by atoms with Crippen LogP contribution in [0.2, 0.25) is 0 Å². The molecule has 1 amide bonds. The fourth-order valence-corrected chi connectivity index (χ4v) is 2.90. The topological polar surface area (TPSA) is 71.8 Å². The average molecular weight is 336 g/mol. The predicted octanol–water partition coefficient (Wildman–Crippen LogP) is 1.18. The molecule has 6 heteroatoms. The monoisotopic (exact) mass is 336 g/mol. The minimum atomic E-state index is -1.64. The Hall–Kier alpha value is -1.66. The molecular formula is C18H28N2O4. The zero-order chi connectivity index (χ0) is 18.1. The molecule has 0 saturated carbocycles. The summed E-state index contributed by atoms with van der Waals surface area (Å²) in [6.45, 7) is 10.7. The van der Waals surface area contributed by atoms with Crippen molar-refractivity contribution in [3.05, 3.63) is 34.2 Å². The van der Waals surface area contributed by atoms with Crippen LogP contribution in [-0.2, 0) is 16.1 Å². The van der Waals surface area contributed by atoms with Crippen molar-refractivity contribution in [2.24, 2.45) is 5.41 Å². The second kappa shape index (κ2) is 6.69. The Morgan fingerprint density at radius 2 is 2.00 bits per heavy atom. The number of aryl methyl sites for hydroxylation is 1. The average Bonchev–Trinajstić information content (AvgIpc) is 2.49. The molecule has 6 nitrogen and oxygen atoms in total. The van der Waals surface area contributed by atoms with Gasteiger partial charge in [-0.25, -0.2) is 0 Å². The van der Waals surface area contributed by atoms with Crippen molar-refractivity contribution in [1.29, 1.82) is 0 Å². The van der Waals surface area contributed by atoms with E-state index < -0.39 is 5.60 Å². The molecule has 0 aromatic carbocycles. The van der Waals surface area contributed by atoms with E-state index in [2.05, 4.69) is 20.8 Å². The van der Waals surface area contributed by atoms with Crippen LogP contribution < -0.4 is 5.56 Å². The molecule has 1 fully saturated rings. The zero-order valence-corrected chi connectivity index (χ0v) is 15.2. The Labute approximate surface area is 143 Å². The lowest BCUT2D eigenvalue weighted by Crippen LogP contribution is -2.57. The molecule has 0 spiro atoms. The molecule has 1 aliphatic rings. The van der Waals surface area contributed by atoms with Gasteiger partial charge in [0.05, 0.1) is 19.3 Å². The number of aliphatic hydroxyl groups is 1. The minimum Gasteiger partial charge on any atom is -0.378 e. The lowest BCUT2D eigenvalue weighted by Gasteiger charge is -2.41. The summed E-state index contributed by atoms with van der Waals surface area (Å²) >= 11 is 0. The molecular weight excluding hydrogens is 308 g/mol. The van der Waals surface area contributed by atoms with E-state index in [9.17, 15) is 14.7 Å². The highest BCUT2D eigenvalue weighted by Gasteiger charge is 2.39. The third kappa shape index (κ3) is 4.05. The van der Waals surface area contributed by atoms with Gasteiger partial charge in [-0.3, -0.25) is 9.59 Å². The lowest BCUT2D eigenvalue weighted by molar-refractivity contribution is -0.162. The maximum atomic E-state index is 12.8. The highest BCUT2D eigenvalue weighted by Crippen LogP contribution is 2.26. The summed E-state index contributed by atoms with van der Waals surface area (Å²) in [6.07, 6.45) is -0.0767. The van der Waals surface area contributed by atoms with Gasteiger partial charge in [0, 0.05) is 24.8 Å². The first-order chi connectivity index (χ1) is 11.0. The summed E-state index contributed by atoms with van der Waals surface area (Å²) in [5.74, 6) is -0.366. The first kappa shape index (κ1) is 18.7. The third-order valence-electron chi connectivity index (χ3n) is 4.51. The maximum absolute atomic E-state index is 12.8. The van der Waals surface area contributed by atoms with Gasteiger partial charge in [-0.2, -0.15) is 0 Å². The first-order valence-electron chi connectivity index (χ1n) is 8.32. The van der Waals surface area contributed by atoms with Crippen molar-refractivity contribution in [3.63, 3.8) is 0 Å². The molecule has 1 aromatic heterocycles. The molecule has 134 valence electrons. The molecule has 2 atom stereocenters. The van der Waals surface area contributed by atoms with E-state index in [1.807, 2.05) is 0 Å². The molecule has 0 radical (unpaired) electrons. The maximum Gasteiger partial charge on any atom is 0.256 e. The smallest absolute Gasteiger partial charge is 0.256 e. The summed E-state index contributed by atoms with van der Waals surface area (Å²) < 4.78 is 7.19. The SMILES string of the molecule is Cc1cccc(=O)n1C[C@@](C)(O)C(=O)N1CCO[C@H](C(C)(C)C)C1. The van der Waals surface area contributed by atoms with E-state index in [0.717, 1.165) is 0 Å². The van der Waals surface area contributed by atoms with E-state index in [4.69, 9.17) is 4.74 Å². The van der Waals surface area contributed by atoms with Gasteiger partial charge in [-0.15, -0.1) is 0 Å². The Morgan fingerprint density at radius 3 is 2.58 bits per heavy atom. The molecule has 0 aliphatic carbocycles. The van der Waals surface area contributed by atoms with E-state index >= 15 is 0 Å². The number of nitrogens with zero attached hydrogens (tertiary/aromatic N) is 2. The van der Waals surface area contributed by atoms with Crippen LogP contribution in [-0.4, -0.2) is 51.9 Å². The van der Waals surface area contributed by atoms with Crippen LogP contribution in [0, 0.1) is 12.3 Å². The van der Waals surface area contributed by atoms with Gasteiger partial charge in [-0.05, 0) is 25.3 Å². The normalized spacial score (nSPS) is 21.4. The van der Waals surface area contributed by atoms with Crippen LogP contribution in [0.3, 0.4) is 0 Å². The number of rotatable bonds is 3. The van der Waals surface area contributed by atoms with Gasteiger partial charge in [0.1, 0.15) is 0 Å². The highest BCUT2D eigenvalue weighted by molar-refractivity contribution is 5.84. The number of amides is 1. The van der Waals surface area contributed by atoms with Crippen molar-refractivity contribution >= 4 is 5.91 Å². The number of pyridine rings is 1. The van der Waals surface area contributed by atoms with Gasteiger partial charge in [-0.1, -0.05) is 26.8 Å². The van der Waals surface area contributed by atoms with Crippen LogP contribution >= 0.6 is 0 Å². The Balaban J connectivity index is 2.17. The van der Waals surface area contributed by atoms with Gasteiger partial charge < -0.3 is 19.3 Å². The van der Waals surface area contributed by atoms with E-state index in [1.54, 1.807) is 24.0 Å². The Bertz CT molecular complexity index is 658. The number of aromatic nitrogens is 1. The van der Waals surface area contributed by atoms with Crippen molar-refractivity contribution in [1.82, 2.24) is 9.47 Å². The van der Waals surface area contributed by atoms with Crippen molar-refractivity contribution in [3.8, 4) is 0 Å². The lowest BCUT2D eigenvalue weighted by atomic mass is 9.87. The molecule has 1 N–H and O–H groups in total. The molecule has 0 unspecified atom stereocenters. The summed E-state index contributed by atoms with van der Waals surface area (Å²) in [5.41, 5.74) is -1.24. The van der Waals surface area contributed by atoms with Crippen LogP contribution in [0.25, 0.3) is 0 Å². The minimum absolute atomic E-state index is 0.0606. The van der Waals surface area contributed by atoms with Crippen molar-refractivity contribution in [2.75, 3.05) is 19.7 Å². The second-order valence-corrected chi connectivity index (χ2v) is 7.84. The highest BCUT2D eigenvalue weighted by atomic mass is 16.5. The Kier molecular flexibility index (Phi) is 5.20. The second-order valence-electron chi connectivity index (χ2n) is 7.84. The molecule has 1 saturated heterocycles. The number of ether oxygens (including phenoxy) is 1. The molecule has 0 bridgehead atoms. The van der Waals surface area contributed by atoms with Crippen molar-refractivity contribution < 1.29 is 14.6 Å². The van der Waals surface area contributed by atoms with E-state index in [-0.39, 0.29) is 29.5 Å². The van der Waals surface area contributed by atoms with Gasteiger partial charge >= 0.3 is 0 Å². The van der Waals surface area contributed by atoms with Crippen LogP contribution in [0.15, 0.2) is 23.0 Å². The summed E-state index contributed by atoms with van der Waals surface area (Å²) in [4.78, 5) is 26.5. The zero-order valence-electron chi connectivity index (χ0n) is 15.2. The van der Waals surface area contributed by atoms with E-state index in [0.29, 0.717) is 25.4 Å². The van der Waals surface area contributed by atoms with Gasteiger partial charge in [0.25, 0.3) is 11.5 Å². The van der Waals surface area contributed by atoms with Crippen LogP contribution in [0.4, 0.5) is 0 Å². The number of carbonyl (C=O) groups is 1. The van der Waals surface area contributed by atoms with Gasteiger partial charge in [0.15, 0.2) is 5.60 Å². The summed E-state index contributed by atoms with van der Waals surface area (Å²) in [7, 11) is 0. The number of carbonyl (C=O) groups excluding carboxylic acids is 1. The molecule has 1 aromatic rings. The third-order valence-corrected chi connectivity index (χ3v) is 4.51. The summed E-state index contributed by atoms with van der Waals surface area (Å²) in [5, 5.41) is 10.7. The number of morpholine rings is 1. The Morgan fingerprint density at radius 1 is 1.33 bits per heavy atom.